The first kappa shape index (κ1) is 25.5. The van der Waals surface area contributed by atoms with Crippen molar-refractivity contribution >= 4 is 10.1 Å². The lowest BCUT2D eigenvalue weighted by Crippen LogP contribution is -2.52. The van der Waals surface area contributed by atoms with Crippen LogP contribution < -0.4 is 0 Å². The minimum absolute atomic E-state index is 0.205. The van der Waals surface area contributed by atoms with Crippen LogP contribution in [-0.2, 0) is 14.3 Å². The molecule has 0 spiro atoms. The van der Waals surface area contributed by atoms with E-state index in [1.165, 1.54) is 31.3 Å². The Bertz CT molecular complexity index is 1090. The molecule has 8 atom stereocenters. The molecule has 0 aliphatic heterocycles. The Balaban J connectivity index is 1.29. The lowest BCUT2D eigenvalue weighted by molar-refractivity contribution is -0.0717. The SMILES string of the molecule is Cc1ccc(S(=O)(=O)OC[C@H](C)[C@H]2CC[C@H]3[C@@H]4CC=C5C[C@@](C)(O)CC[C@]5(C)[C@H]4CC[C@]23C)cc1. The van der Waals surface area contributed by atoms with E-state index in [9.17, 15) is 13.5 Å². The maximum absolute atomic E-state index is 12.8. The second kappa shape index (κ2) is 8.70. The molecule has 3 saturated carbocycles. The highest BCUT2D eigenvalue weighted by Gasteiger charge is 2.59. The average molecular weight is 501 g/mol. The highest BCUT2D eigenvalue weighted by molar-refractivity contribution is 7.86. The summed E-state index contributed by atoms with van der Waals surface area (Å²) in [6.45, 7) is 11.4. The van der Waals surface area contributed by atoms with E-state index in [0.29, 0.717) is 23.7 Å². The van der Waals surface area contributed by atoms with E-state index >= 15 is 0 Å². The third-order valence-corrected chi connectivity index (χ3v) is 12.2. The van der Waals surface area contributed by atoms with Crippen molar-refractivity contribution in [3.05, 3.63) is 41.5 Å². The molecule has 0 aromatic heterocycles. The van der Waals surface area contributed by atoms with E-state index in [0.717, 1.165) is 31.2 Å². The second-order valence-electron chi connectivity index (χ2n) is 13.2. The topological polar surface area (TPSA) is 63.6 Å². The van der Waals surface area contributed by atoms with Crippen LogP contribution in [0.2, 0.25) is 0 Å². The van der Waals surface area contributed by atoms with Gasteiger partial charge in [-0.25, -0.2) is 0 Å². The molecule has 4 aliphatic carbocycles. The summed E-state index contributed by atoms with van der Waals surface area (Å²) in [6, 6.07) is 6.91. The van der Waals surface area contributed by atoms with Crippen LogP contribution in [0.3, 0.4) is 0 Å². The number of fused-ring (bicyclic) bond motifs is 5. The Morgan fingerprint density at radius 2 is 1.74 bits per heavy atom. The quantitative estimate of drug-likeness (QED) is 0.362. The summed E-state index contributed by atoms with van der Waals surface area (Å²) in [5.41, 5.74) is 2.49. The summed E-state index contributed by atoms with van der Waals surface area (Å²) < 4.78 is 31.2. The molecule has 35 heavy (non-hydrogen) atoms. The van der Waals surface area contributed by atoms with E-state index in [2.05, 4.69) is 26.8 Å². The van der Waals surface area contributed by atoms with Crippen LogP contribution in [0.1, 0.15) is 84.6 Å². The minimum Gasteiger partial charge on any atom is -0.390 e. The summed E-state index contributed by atoms with van der Waals surface area (Å²) in [5, 5.41) is 10.7. The van der Waals surface area contributed by atoms with Gasteiger partial charge in [0.2, 0.25) is 0 Å². The van der Waals surface area contributed by atoms with E-state index in [1.807, 2.05) is 26.0 Å². The molecule has 5 rings (SSSR count). The van der Waals surface area contributed by atoms with Crippen molar-refractivity contribution in [1.29, 1.82) is 0 Å². The Kier molecular flexibility index (Phi) is 6.33. The van der Waals surface area contributed by atoms with Crippen LogP contribution in [0.5, 0.6) is 0 Å². The number of benzene rings is 1. The molecule has 0 unspecified atom stereocenters. The Hall–Kier alpha value is -1.17. The molecule has 0 heterocycles. The van der Waals surface area contributed by atoms with Gasteiger partial charge in [-0.1, -0.05) is 50.1 Å². The third kappa shape index (κ3) is 4.34. The van der Waals surface area contributed by atoms with Crippen molar-refractivity contribution in [3.63, 3.8) is 0 Å². The summed E-state index contributed by atoms with van der Waals surface area (Å²) in [5.74, 6) is 2.81. The van der Waals surface area contributed by atoms with Gasteiger partial charge in [0.05, 0.1) is 17.1 Å². The van der Waals surface area contributed by atoms with E-state index in [-0.39, 0.29) is 28.3 Å². The van der Waals surface area contributed by atoms with Gasteiger partial charge in [-0.2, -0.15) is 8.42 Å². The van der Waals surface area contributed by atoms with Crippen LogP contribution in [0.15, 0.2) is 40.8 Å². The molecular formula is C30H44O4S. The number of rotatable bonds is 5. The number of aliphatic hydroxyl groups is 1. The fraction of sp³-hybridized carbons (Fsp3) is 0.733. The molecule has 4 aliphatic rings. The second-order valence-corrected chi connectivity index (χ2v) is 14.8. The fourth-order valence-corrected chi connectivity index (χ4v) is 9.87. The van der Waals surface area contributed by atoms with E-state index in [1.54, 1.807) is 12.1 Å². The predicted molar refractivity (Wildman–Crippen MR) is 139 cm³/mol. The highest BCUT2D eigenvalue weighted by Crippen LogP contribution is 2.67. The zero-order valence-electron chi connectivity index (χ0n) is 22.2. The monoisotopic (exact) mass is 500 g/mol. The molecule has 1 N–H and O–H groups in total. The van der Waals surface area contributed by atoms with Gasteiger partial charge in [0, 0.05) is 0 Å². The van der Waals surface area contributed by atoms with E-state index in [4.69, 9.17) is 4.18 Å². The maximum atomic E-state index is 12.8. The largest absolute Gasteiger partial charge is 0.390 e. The summed E-state index contributed by atoms with van der Waals surface area (Å²) >= 11 is 0. The Morgan fingerprint density at radius 1 is 1.03 bits per heavy atom. The van der Waals surface area contributed by atoms with Crippen LogP contribution in [0.4, 0.5) is 0 Å². The molecule has 194 valence electrons. The zero-order chi connectivity index (χ0) is 25.2. The standard InChI is InChI=1S/C30H44O4S/c1-20-6-9-23(10-7-20)35(32,33)34-19-21(2)25-12-13-26-24-11-8-22-18-28(3,31)16-17-29(22,4)27(24)14-15-30(25,26)5/h6-10,21,24-27,31H,11-19H2,1-5H3/t21-,24-,25+,26-,27-,28-,29-,30+/m0/s1. The van der Waals surface area contributed by atoms with Crippen molar-refractivity contribution in [1.82, 2.24) is 0 Å². The summed E-state index contributed by atoms with van der Waals surface area (Å²) in [6.07, 6.45) is 11.4. The first-order chi connectivity index (χ1) is 16.4. The van der Waals surface area contributed by atoms with Gasteiger partial charge in [-0.05, 0) is 118 Å². The number of aryl methyl sites for hydroxylation is 1. The molecule has 1 aromatic carbocycles. The van der Waals surface area contributed by atoms with Gasteiger partial charge in [0.25, 0.3) is 10.1 Å². The molecule has 5 heteroatoms. The van der Waals surface area contributed by atoms with Crippen LogP contribution >= 0.6 is 0 Å². The third-order valence-electron chi connectivity index (χ3n) is 10.9. The predicted octanol–water partition coefficient (Wildman–Crippen LogP) is 6.67. The van der Waals surface area contributed by atoms with Gasteiger partial charge >= 0.3 is 0 Å². The minimum atomic E-state index is -3.73. The van der Waals surface area contributed by atoms with Crippen molar-refractivity contribution < 1.29 is 17.7 Å². The lowest BCUT2D eigenvalue weighted by atomic mass is 9.46. The molecule has 0 bridgehead atoms. The van der Waals surface area contributed by atoms with E-state index < -0.39 is 15.7 Å². The van der Waals surface area contributed by atoms with Crippen molar-refractivity contribution in [2.24, 2.45) is 40.4 Å². The maximum Gasteiger partial charge on any atom is 0.296 e. The van der Waals surface area contributed by atoms with Crippen molar-refractivity contribution in [2.45, 2.75) is 96.5 Å². The first-order valence-electron chi connectivity index (χ1n) is 13.7. The molecule has 0 saturated heterocycles. The smallest absolute Gasteiger partial charge is 0.296 e. The number of allylic oxidation sites excluding steroid dienone is 1. The number of hydrogen-bond donors (Lipinski definition) is 1. The molecule has 3 fully saturated rings. The average Bonchev–Trinajstić information content (AvgIpc) is 3.15. The molecule has 0 amide bonds. The normalized spacial score (nSPS) is 41.9. The summed E-state index contributed by atoms with van der Waals surface area (Å²) in [7, 11) is -3.73. The molecular weight excluding hydrogens is 456 g/mol. The lowest BCUT2D eigenvalue weighted by Gasteiger charge is -2.59. The fourth-order valence-electron chi connectivity index (χ4n) is 8.87. The van der Waals surface area contributed by atoms with Crippen LogP contribution in [-0.4, -0.2) is 25.7 Å². The van der Waals surface area contributed by atoms with Crippen molar-refractivity contribution in [2.75, 3.05) is 6.61 Å². The van der Waals surface area contributed by atoms with Gasteiger partial charge in [0.15, 0.2) is 0 Å². The first-order valence-corrected chi connectivity index (χ1v) is 15.1. The van der Waals surface area contributed by atoms with Gasteiger partial charge in [0.1, 0.15) is 0 Å². The van der Waals surface area contributed by atoms with Gasteiger partial charge in [-0.3, -0.25) is 4.18 Å². The van der Waals surface area contributed by atoms with Crippen LogP contribution in [0, 0.1) is 47.3 Å². The van der Waals surface area contributed by atoms with Crippen molar-refractivity contribution in [3.8, 4) is 0 Å². The highest BCUT2D eigenvalue weighted by atomic mass is 32.2. The zero-order valence-corrected chi connectivity index (χ0v) is 23.0. The Morgan fingerprint density at radius 3 is 2.46 bits per heavy atom. The Labute approximate surface area is 212 Å². The van der Waals surface area contributed by atoms with Gasteiger partial charge < -0.3 is 5.11 Å². The molecule has 4 nitrogen and oxygen atoms in total. The number of hydrogen-bond acceptors (Lipinski definition) is 4. The summed E-state index contributed by atoms with van der Waals surface area (Å²) in [4.78, 5) is 0.246. The van der Waals surface area contributed by atoms with Gasteiger partial charge in [-0.15, -0.1) is 0 Å². The molecule has 0 radical (unpaired) electrons. The van der Waals surface area contributed by atoms with Crippen LogP contribution in [0.25, 0.3) is 0 Å². The molecule has 1 aromatic rings.